The maximum Gasteiger partial charge on any atom is 0.306 e. The van der Waals surface area contributed by atoms with Gasteiger partial charge in [0.1, 0.15) is 0 Å². The number of hydrogen-bond donors (Lipinski definition) is 2. The fourth-order valence-electron chi connectivity index (χ4n) is 2.26. The number of non-ortho nitro benzene ring substituents is 1. The van der Waals surface area contributed by atoms with Crippen LogP contribution in [0.4, 0.5) is 11.4 Å². The van der Waals surface area contributed by atoms with Crippen molar-refractivity contribution in [1.29, 1.82) is 0 Å². The number of nitro groups is 1. The number of anilines is 1. The SMILES string of the molecule is O=C(CCC(=O)OCCc1ccccc1)NC(=S)Nc1cccc([N+](=O)[O-])c1. The molecule has 0 aromatic heterocycles. The van der Waals surface area contributed by atoms with E-state index in [4.69, 9.17) is 17.0 Å². The Bertz CT molecular complexity index is 858. The first-order chi connectivity index (χ1) is 13.4. The predicted octanol–water partition coefficient (Wildman–Crippen LogP) is 2.97. The molecule has 0 saturated carbocycles. The molecule has 9 heteroatoms. The van der Waals surface area contributed by atoms with Gasteiger partial charge in [-0.15, -0.1) is 0 Å². The van der Waals surface area contributed by atoms with Gasteiger partial charge in [-0.05, 0) is 23.8 Å². The van der Waals surface area contributed by atoms with Crippen LogP contribution in [0.15, 0.2) is 54.6 Å². The van der Waals surface area contributed by atoms with Crippen LogP contribution in [0, 0.1) is 10.1 Å². The maximum atomic E-state index is 11.9. The first-order valence-corrected chi connectivity index (χ1v) is 8.89. The number of thiocarbonyl (C=S) groups is 1. The van der Waals surface area contributed by atoms with E-state index in [2.05, 4.69) is 10.6 Å². The molecular formula is C19H19N3O5S. The number of esters is 1. The van der Waals surface area contributed by atoms with E-state index in [0.29, 0.717) is 12.1 Å². The number of nitro benzene ring substituents is 1. The minimum atomic E-state index is -0.532. The molecule has 0 fully saturated rings. The lowest BCUT2D eigenvalue weighted by molar-refractivity contribution is -0.384. The van der Waals surface area contributed by atoms with E-state index in [9.17, 15) is 19.7 Å². The second kappa shape index (κ2) is 10.7. The second-order valence-electron chi connectivity index (χ2n) is 5.77. The van der Waals surface area contributed by atoms with Crippen LogP contribution in [-0.2, 0) is 20.7 Å². The Labute approximate surface area is 167 Å². The van der Waals surface area contributed by atoms with E-state index in [1.165, 1.54) is 18.2 Å². The average Bonchev–Trinajstić information content (AvgIpc) is 2.67. The van der Waals surface area contributed by atoms with Gasteiger partial charge in [0.15, 0.2) is 5.11 Å². The average molecular weight is 401 g/mol. The Morgan fingerprint density at radius 3 is 2.54 bits per heavy atom. The molecule has 0 bridgehead atoms. The quantitative estimate of drug-likeness (QED) is 0.303. The standard InChI is InChI=1S/C19H19N3O5S/c23-17(9-10-18(24)27-12-11-14-5-2-1-3-6-14)21-19(28)20-15-7-4-8-16(13-15)22(25)26/h1-8,13H,9-12H2,(H2,20,21,23,28). The fourth-order valence-corrected chi connectivity index (χ4v) is 2.50. The predicted molar refractivity (Wildman–Crippen MR) is 108 cm³/mol. The van der Waals surface area contributed by atoms with Crippen molar-refractivity contribution in [2.75, 3.05) is 11.9 Å². The lowest BCUT2D eigenvalue weighted by atomic mass is 10.2. The third-order valence-electron chi connectivity index (χ3n) is 3.62. The van der Waals surface area contributed by atoms with Crippen LogP contribution in [0.1, 0.15) is 18.4 Å². The van der Waals surface area contributed by atoms with Gasteiger partial charge in [0.25, 0.3) is 5.69 Å². The topological polar surface area (TPSA) is 111 Å². The summed E-state index contributed by atoms with van der Waals surface area (Å²) in [5.41, 5.74) is 1.34. The summed E-state index contributed by atoms with van der Waals surface area (Å²) in [4.78, 5) is 33.8. The lowest BCUT2D eigenvalue weighted by Gasteiger charge is -2.09. The first-order valence-electron chi connectivity index (χ1n) is 8.49. The summed E-state index contributed by atoms with van der Waals surface area (Å²) in [6.07, 6.45) is 0.455. The van der Waals surface area contributed by atoms with Gasteiger partial charge in [0, 0.05) is 30.7 Å². The smallest absolute Gasteiger partial charge is 0.306 e. The van der Waals surface area contributed by atoms with Gasteiger partial charge in [0.05, 0.1) is 18.0 Å². The summed E-state index contributed by atoms with van der Waals surface area (Å²) in [7, 11) is 0. The molecule has 0 unspecified atom stereocenters. The monoisotopic (exact) mass is 401 g/mol. The third kappa shape index (κ3) is 7.50. The fraction of sp³-hybridized carbons (Fsp3) is 0.211. The van der Waals surface area contributed by atoms with Crippen molar-refractivity contribution in [2.45, 2.75) is 19.3 Å². The molecule has 0 atom stereocenters. The molecule has 0 spiro atoms. The van der Waals surface area contributed by atoms with Gasteiger partial charge >= 0.3 is 5.97 Å². The zero-order chi connectivity index (χ0) is 20.4. The molecule has 2 aromatic rings. The summed E-state index contributed by atoms with van der Waals surface area (Å²) in [5.74, 6) is -0.924. The largest absolute Gasteiger partial charge is 0.465 e. The van der Waals surface area contributed by atoms with Gasteiger partial charge in [-0.2, -0.15) is 0 Å². The summed E-state index contributed by atoms with van der Waals surface area (Å²) in [6.45, 7) is 0.247. The highest BCUT2D eigenvalue weighted by atomic mass is 32.1. The Morgan fingerprint density at radius 2 is 1.82 bits per heavy atom. The van der Waals surface area contributed by atoms with Crippen LogP contribution in [0.2, 0.25) is 0 Å². The van der Waals surface area contributed by atoms with Crippen molar-refractivity contribution < 1.29 is 19.2 Å². The van der Waals surface area contributed by atoms with E-state index >= 15 is 0 Å². The number of nitrogens with one attached hydrogen (secondary N) is 2. The zero-order valence-electron chi connectivity index (χ0n) is 14.9. The van der Waals surface area contributed by atoms with E-state index in [-0.39, 0.29) is 30.2 Å². The molecular weight excluding hydrogens is 382 g/mol. The summed E-state index contributed by atoms with van der Waals surface area (Å²) < 4.78 is 5.10. The highest BCUT2D eigenvalue weighted by molar-refractivity contribution is 7.80. The van der Waals surface area contributed by atoms with E-state index in [1.807, 2.05) is 30.3 Å². The highest BCUT2D eigenvalue weighted by Gasteiger charge is 2.11. The number of benzene rings is 2. The van der Waals surface area contributed by atoms with Crippen LogP contribution < -0.4 is 10.6 Å². The molecule has 0 aliphatic carbocycles. The minimum absolute atomic E-state index is 0.0112. The Hall–Kier alpha value is -3.33. The third-order valence-corrected chi connectivity index (χ3v) is 3.82. The van der Waals surface area contributed by atoms with Crippen LogP contribution in [0.5, 0.6) is 0 Å². The molecule has 0 radical (unpaired) electrons. The molecule has 0 heterocycles. The molecule has 28 heavy (non-hydrogen) atoms. The van der Waals surface area contributed by atoms with Crippen LogP contribution in [0.25, 0.3) is 0 Å². The number of carbonyl (C=O) groups excluding carboxylic acids is 2. The number of carbonyl (C=O) groups is 2. The van der Waals surface area contributed by atoms with Crippen LogP contribution in [-0.4, -0.2) is 28.5 Å². The Balaban J connectivity index is 1.67. The maximum absolute atomic E-state index is 11.9. The van der Waals surface area contributed by atoms with Crippen molar-refractivity contribution in [3.05, 3.63) is 70.3 Å². The summed E-state index contributed by atoms with van der Waals surface area (Å²) in [5, 5.41) is 15.8. The molecule has 2 aromatic carbocycles. The molecule has 1 amide bonds. The van der Waals surface area contributed by atoms with Gasteiger partial charge in [-0.1, -0.05) is 36.4 Å². The van der Waals surface area contributed by atoms with Crippen LogP contribution in [0.3, 0.4) is 0 Å². The lowest BCUT2D eigenvalue weighted by Crippen LogP contribution is -2.34. The highest BCUT2D eigenvalue weighted by Crippen LogP contribution is 2.16. The summed E-state index contributed by atoms with van der Waals surface area (Å²) in [6, 6.07) is 15.3. The molecule has 0 saturated heterocycles. The van der Waals surface area contributed by atoms with Crippen molar-refractivity contribution >= 4 is 40.6 Å². The second-order valence-corrected chi connectivity index (χ2v) is 6.17. The van der Waals surface area contributed by atoms with Crippen molar-refractivity contribution in [1.82, 2.24) is 5.32 Å². The number of ether oxygens (including phenoxy) is 1. The van der Waals surface area contributed by atoms with Crippen molar-refractivity contribution in [3.8, 4) is 0 Å². The summed E-state index contributed by atoms with van der Waals surface area (Å²) >= 11 is 5.00. The van der Waals surface area contributed by atoms with Gasteiger partial charge in [-0.3, -0.25) is 19.7 Å². The first kappa shape index (κ1) is 21.0. The van der Waals surface area contributed by atoms with E-state index < -0.39 is 16.8 Å². The van der Waals surface area contributed by atoms with E-state index in [1.54, 1.807) is 6.07 Å². The zero-order valence-corrected chi connectivity index (χ0v) is 15.7. The van der Waals surface area contributed by atoms with E-state index in [0.717, 1.165) is 5.56 Å². The van der Waals surface area contributed by atoms with Gasteiger partial charge in [0.2, 0.25) is 5.91 Å². The molecule has 8 nitrogen and oxygen atoms in total. The van der Waals surface area contributed by atoms with Gasteiger partial charge in [-0.25, -0.2) is 0 Å². The number of rotatable bonds is 8. The molecule has 2 rings (SSSR count). The number of amides is 1. The minimum Gasteiger partial charge on any atom is -0.465 e. The molecule has 0 aliphatic rings. The van der Waals surface area contributed by atoms with Crippen LogP contribution >= 0.6 is 12.2 Å². The number of hydrogen-bond acceptors (Lipinski definition) is 6. The molecule has 146 valence electrons. The number of nitrogens with zero attached hydrogens (tertiary/aromatic N) is 1. The van der Waals surface area contributed by atoms with Gasteiger partial charge < -0.3 is 15.4 Å². The Morgan fingerprint density at radius 1 is 1.07 bits per heavy atom. The molecule has 0 aliphatic heterocycles. The molecule has 2 N–H and O–H groups in total. The normalized spacial score (nSPS) is 10.0. The van der Waals surface area contributed by atoms with Crippen molar-refractivity contribution in [3.63, 3.8) is 0 Å². The Kier molecular flexibility index (Phi) is 8.04. The van der Waals surface area contributed by atoms with Crippen molar-refractivity contribution in [2.24, 2.45) is 0 Å².